The quantitative estimate of drug-likeness (QED) is 0.763. The van der Waals surface area contributed by atoms with Gasteiger partial charge in [0.2, 0.25) is 10.0 Å². The topological polar surface area (TPSA) is 75.6 Å². The Bertz CT molecular complexity index is 523. The molecule has 0 amide bonds. The number of rotatable bonds is 8. The number of aliphatic hydroxyl groups is 1. The van der Waals surface area contributed by atoms with E-state index in [9.17, 15) is 8.42 Å². The Hall–Kier alpha value is -1.11. The predicted octanol–water partition coefficient (Wildman–Crippen LogP) is 1.52. The lowest BCUT2D eigenvalue weighted by molar-refractivity contribution is 0.201. The Labute approximate surface area is 120 Å². The van der Waals surface area contributed by atoms with Gasteiger partial charge in [-0.15, -0.1) is 0 Å². The van der Waals surface area contributed by atoms with E-state index in [2.05, 4.69) is 4.72 Å². The molecule has 0 aromatic heterocycles. The number of nitrogens with one attached hydrogen (secondary N) is 1. The summed E-state index contributed by atoms with van der Waals surface area (Å²) in [7, 11) is -3.47. The normalized spacial score (nSPS) is 16.9. The first-order valence-electron chi connectivity index (χ1n) is 6.87. The maximum absolute atomic E-state index is 12.2. The van der Waals surface area contributed by atoms with Crippen LogP contribution in [-0.2, 0) is 10.0 Å². The second kappa shape index (κ2) is 6.56. The zero-order valence-corrected chi connectivity index (χ0v) is 12.4. The Balaban J connectivity index is 1.97. The molecule has 5 nitrogen and oxygen atoms in total. The van der Waals surface area contributed by atoms with Crippen molar-refractivity contribution >= 4 is 10.0 Å². The Morgan fingerprint density at radius 1 is 1.35 bits per heavy atom. The highest BCUT2D eigenvalue weighted by Gasteiger charge is 2.26. The molecule has 0 radical (unpaired) electrons. The standard InChI is InChI=1S/C14H21NO4S/c1-11(10-12-2-3-12)15-20(17,18)14-6-4-13(5-7-14)19-9-8-16/h4-7,11-12,15-16H,2-3,8-10H2,1H3. The molecular formula is C14H21NO4S. The van der Waals surface area contributed by atoms with Crippen LogP contribution in [0.1, 0.15) is 26.2 Å². The zero-order valence-electron chi connectivity index (χ0n) is 11.6. The van der Waals surface area contributed by atoms with Crippen LogP contribution in [0, 0.1) is 5.92 Å². The number of benzene rings is 1. The van der Waals surface area contributed by atoms with E-state index in [1.807, 2.05) is 6.92 Å². The fraction of sp³-hybridized carbons (Fsp3) is 0.571. The van der Waals surface area contributed by atoms with Crippen molar-refractivity contribution in [2.24, 2.45) is 5.92 Å². The second-order valence-corrected chi connectivity index (χ2v) is 6.96. The molecule has 1 aliphatic carbocycles. The average molecular weight is 299 g/mol. The summed E-state index contributed by atoms with van der Waals surface area (Å²) >= 11 is 0. The van der Waals surface area contributed by atoms with Crippen molar-refractivity contribution in [1.29, 1.82) is 0 Å². The van der Waals surface area contributed by atoms with E-state index in [0.29, 0.717) is 11.7 Å². The first-order chi connectivity index (χ1) is 9.51. The van der Waals surface area contributed by atoms with Gasteiger partial charge in [0.1, 0.15) is 12.4 Å². The Kier molecular flexibility index (Phi) is 5.01. The maximum atomic E-state index is 12.2. The van der Waals surface area contributed by atoms with Crippen molar-refractivity contribution < 1.29 is 18.3 Å². The molecule has 0 saturated heterocycles. The molecule has 1 aromatic rings. The van der Waals surface area contributed by atoms with Crippen molar-refractivity contribution in [2.75, 3.05) is 13.2 Å². The Morgan fingerprint density at radius 3 is 2.55 bits per heavy atom. The SMILES string of the molecule is CC(CC1CC1)NS(=O)(=O)c1ccc(OCCO)cc1. The lowest BCUT2D eigenvalue weighted by Crippen LogP contribution is -2.32. The van der Waals surface area contributed by atoms with E-state index in [-0.39, 0.29) is 24.2 Å². The number of ether oxygens (including phenoxy) is 1. The van der Waals surface area contributed by atoms with E-state index in [4.69, 9.17) is 9.84 Å². The third-order valence-electron chi connectivity index (χ3n) is 3.23. The molecule has 1 aliphatic rings. The largest absolute Gasteiger partial charge is 0.491 e. The van der Waals surface area contributed by atoms with Crippen molar-refractivity contribution in [1.82, 2.24) is 4.72 Å². The molecule has 1 aromatic carbocycles. The Morgan fingerprint density at radius 2 is 2.00 bits per heavy atom. The first-order valence-corrected chi connectivity index (χ1v) is 8.35. The monoisotopic (exact) mass is 299 g/mol. The first kappa shape index (κ1) is 15.3. The molecule has 1 unspecified atom stereocenters. The van der Waals surface area contributed by atoms with Gasteiger partial charge in [0.05, 0.1) is 11.5 Å². The minimum absolute atomic E-state index is 0.0437. The van der Waals surface area contributed by atoms with Crippen LogP contribution >= 0.6 is 0 Å². The highest BCUT2D eigenvalue weighted by Crippen LogP contribution is 2.33. The summed E-state index contributed by atoms with van der Waals surface area (Å²) in [5, 5.41) is 8.66. The molecule has 1 saturated carbocycles. The number of sulfonamides is 1. The van der Waals surface area contributed by atoms with Gasteiger partial charge in [-0.25, -0.2) is 13.1 Å². The molecule has 20 heavy (non-hydrogen) atoms. The molecule has 0 bridgehead atoms. The average Bonchev–Trinajstić information content (AvgIpc) is 3.20. The molecule has 2 N–H and O–H groups in total. The summed E-state index contributed by atoms with van der Waals surface area (Å²) in [4.78, 5) is 0.233. The highest BCUT2D eigenvalue weighted by molar-refractivity contribution is 7.89. The summed E-state index contributed by atoms with van der Waals surface area (Å²) in [5.41, 5.74) is 0. The summed E-state index contributed by atoms with van der Waals surface area (Å²) in [6.07, 6.45) is 3.32. The third kappa shape index (κ3) is 4.47. The van der Waals surface area contributed by atoms with Gasteiger partial charge >= 0.3 is 0 Å². The molecule has 112 valence electrons. The van der Waals surface area contributed by atoms with Gasteiger partial charge in [0, 0.05) is 6.04 Å². The predicted molar refractivity (Wildman–Crippen MR) is 76.1 cm³/mol. The third-order valence-corrected chi connectivity index (χ3v) is 4.84. The van der Waals surface area contributed by atoms with Crippen molar-refractivity contribution in [3.8, 4) is 5.75 Å². The van der Waals surface area contributed by atoms with Crippen LogP contribution in [0.2, 0.25) is 0 Å². The van der Waals surface area contributed by atoms with Crippen LogP contribution in [0.15, 0.2) is 29.2 Å². The van der Waals surface area contributed by atoms with Crippen LogP contribution in [0.4, 0.5) is 0 Å². The molecule has 0 aliphatic heterocycles. The van der Waals surface area contributed by atoms with Gasteiger partial charge in [0.25, 0.3) is 0 Å². The van der Waals surface area contributed by atoms with Gasteiger partial charge in [-0.05, 0) is 43.5 Å². The van der Waals surface area contributed by atoms with Crippen LogP contribution in [0.5, 0.6) is 5.75 Å². The molecule has 2 rings (SSSR count). The van der Waals surface area contributed by atoms with E-state index < -0.39 is 10.0 Å². The van der Waals surface area contributed by atoms with Crippen LogP contribution in [0.3, 0.4) is 0 Å². The van der Waals surface area contributed by atoms with Gasteiger partial charge in [0.15, 0.2) is 0 Å². The molecule has 0 spiro atoms. The molecular weight excluding hydrogens is 278 g/mol. The summed E-state index contributed by atoms with van der Waals surface area (Å²) in [6, 6.07) is 6.17. The van der Waals surface area contributed by atoms with E-state index in [1.165, 1.54) is 25.0 Å². The minimum atomic E-state index is -3.47. The summed E-state index contributed by atoms with van der Waals surface area (Å²) < 4.78 is 32.3. The van der Waals surface area contributed by atoms with Gasteiger partial charge in [-0.1, -0.05) is 12.8 Å². The zero-order chi connectivity index (χ0) is 14.6. The summed E-state index contributed by atoms with van der Waals surface area (Å²) in [5.74, 6) is 1.23. The molecule has 0 heterocycles. The van der Waals surface area contributed by atoms with Crippen molar-refractivity contribution in [3.05, 3.63) is 24.3 Å². The van der Waals surface area contributed by atoms with Crippen LogP contribution in [-0.4, -0.2) is 32.8 Å². The van der Waals surface area contributed by atoms with E-state index >= 15 is 0 Å². The van der Waals surface area contributed by atoms with Crippen molar-refractivity contribution in [2.45, 2.75) is 37.1 Å². The number of hydrogen-bond acceptors (Lipinski definition) is 4. The lowest BCUT2D eigenvalue weighted by atomic mass is 10.2. The van der Waals surface area contributed by atoms with Gasteiger partial charge < -0.3 is 9.84 Å². The second-order valence-electron chi connectivity index (χ2n) is 5.24. The number of hydrogen-bond donors (Lipinski definition) is 2. The van der Waals surface area contributed by atoms with Crippen LogP contribution in [0.25, 0.3) is 0 Å². The van der Waals surface area contributed by atoms with Crippen molar-refractivity contribution in [3.63, 3.8) is 0 Å². The smallest absolute Gasteiger partial charge is 0.240 e. The van der Waals surface area contributed by atoms with Gasteiger partial charge in [-0.3, -0.25) is 0 Å². The number of aliphatic hydroxyl groups excluding tert-OH is 1. The highest BCUT2D eigenvalue weighted by atomic mass is 32.2. The molecule has 6 heteroatoms. The fourth-order valence-corrected chi connectivity index (χ4v) is 3.37. The lowest BCUT2D eigenvalue weighted by Gasteiger charge is -2.14. The fourth-order valence-electron chi connectivity index (χ4n) is 2.11. The van der Waals surface area contributed by atoms with E-state index in [1.54, 1.807) is 12.1 Å². The van der Waals surface area contributed by atoms with Gasteiger partial charge in [-0.2, -0.15) is 0 Å². The minimum Gasteiger partial charge on any atom is -0.491 e. The molecule has 1 fully saturated rings. The van der Waals surface area contributed by atoms with E-state index in [0.717, 1.165) is 6.42 Å². The van der Waals surface area contributed by atoms with Crippen LogP contribution < -0.4 is 9.46 Å². The maximum Gasteiger partial charge on any atom is 0.240 e. The molecule has 1 atom stereocenters. The summed E-state index contributed by atoms with van der Waals surface area (Å²) in [6.45, 7) is 2.03.